The summed E-state index contributed by atoms with van der Waals surface area (Å²) in [6, 6.07) is 0. The molecule has 0 spiro atoms. The minimum absolute atomic E-state index is 0.0950. The number of aliphatic hydroxyl groups excluding tert-OH is 1. The smallest absolute Gasteiger partial charge is 0.0571 e. The van der Waals surface area contributed by atoms with Crippen LogP contribution in [-0.4, -0.2) is 36.5 Å². The van der Waals surface area contributed by atoms with Gasteiger partial charge in [0.25, 0.3) is 0 Å². The van der Waals surface area contributed by atoms with Crippen LogP contribution in [-0.2, 0) is 0 Å². The molecule has 0 bridgehead atoms. The van der Waals surface area contributed by atoms with E-state index in [-0.39, 0.29) is 6.10 Å². The van der Waals surface area contributed by atoms with Crippen LogP contribution in [0.5, 0.6) is 0 Å². The van der Waals surface area contributed by atoms with Gasteiger partial charge in [0.2, 0.25) is 0 Å². The molecule has 0 aromatic carbocycles. The van der Waals surface area contributed by atoms with Crippen LogP contribution < -0.4 is 0 Å². The first kappa shape index (κ1) is 10.5. The molecule has 1 fully saturated rings. The van der Waals surface area contributed by atoms with Crippen LogP contribution in [0, 0.1) is 5.92 Å². The molecule has 3 nitrogen and oxygen atoms in total. The molecule has 2 atom stereocenters. The predicted octanol–water partition coefficient (Wildman–Crippen LogP) is 1.47. The summed E-state index contributed by atoms with van der Waals surface area (Å²) < 4.78 is 0. The van der Waals surface area contributed by atoms with Gasteiger partial charge in [0.1, 0.15) is 0 Å². The van der Waals surface area contributed by atoms with E-state index in [1.54, 1.807) is 5.01 Å². The van der Waals surface area contributed by atoms with Crippen molar-refractivity contribution in [3.05, 3.63) is 0 Å². The zero-order valence-corrected chi connectivity index (χ0v) is 8.61. The van der Waals surface area contributed by atoms with Crippen molar-refractivity contribution in [2.75, 3.05) is 14.1 Å². The topological polar surface area (TPSA) is 35.8 Å². The molecule has 0 aromatic rings. The highest BCUT2D eigenvalue weighted by molar-refractivity contribution is 5.57. The summed E-state index contributed by atoms with van der Waals surface area (Å²) in [5.41, 5.74) is 0. The maximum absolute atomic E-state index is 9.66. The van der Waals surface area contributed by atoms with Gasteiger partial charge in [-0.3, -0.25) is 0 Å². The maximum Gasteiger partial charge on any atom is 0.0571 e. The second kappa shape index (κ2) is 5.22. The Kier molecular flexibility index (Phi) is 4.22. The van der Waals surface area contributed by atoms with Crippen LogP contribution in [0.3, 0.4) is 0 Å². The lowest BCUT2D eigenvalue weighted by molar-refractivity contribution is 0.0739. The first-order valence-corrected chi connectivity index (χ1v) is 5.08. The molecule has 76 valence electrons. The van der Waals surface area contributed by atoms with E-state index in [4.69, 9.17) is 0 Å². The fourth-order valence-corrected chi connectivity index (χ4v) is 1.81. The molecule has 0 aromatic heterocycles. The SMILES string of the molecule is CN(C)/N=C/CC1CCCCC1O. The van der Waals surface area contributed by atoms with E-state index in [0.717, 1.165) is 19.3 Å². The summed E-state index contributed by atoms with van der Waals surface area (Å²) in [6.07, 6.45) is 7.31. The van der Waals surface area contributed by atoms with Gasteiger partial charge in [-0.25, -0.2) is 0 Å². The minimum Gasteiger partial charge on any atom is -0.393 e. The van der Waals surface area contributed by atoms with Crippen molar-refractivity contribution in [3.63, 3.8) is 0 Å². The van der Waals surface area contributed by atoms with Crippen molar-refractivity contribution in [3.8, 4) is 0 Å². The predicted molar refractivity (Wildman–Crippen MR) is 54.8 cm³/mol. The van der Waals surface area contributed by atoms with Gasteiger partial charge in [-0.2, -0.15) is 5.10 Å². The van der Waals surface area contributed by atoms with Crippen LogP contribution in [0.4, 0.5) is 0 Å². The Morgan fingerprint density at radius 2 is 2.08 bits per heavy atom. The molecule has 13 heavy (non-hydrogen) atoms. The standard InChI is InChI=1S/C10H20N2O/c1-12(2)11-8-7-9-5-3-4-6-10(9)13/h8-10,13H,3-7H2,1-2H3/b11-8+. The summed E-state index contributed by atoms with van der Waals surface area (Å²) in [5, 5.41) is 15.6. The van der Waals surface area contributed by atoms with E-state index >= 15 is 0 Å². The molecule has 1 saturated carbocycles. The summed E-state index contributed by atoms with van der Waals surface area (Å²) in [7, 11) is 3.82. The fraction of sp³-hybridized carbons (Fsp3) is 0.900. The summed E-state index contributed by atoms with van der Waals surface area (Å²) >= 11 is 0. The Morgan fingerprint density at radius 1 is 1.38 bits per heavy atom. The molecule has 1 aliphatic rings. The van der Waals surface area contributed by atoms with Crippen LogP contribution in [0.15, 0.2) is 5.10 Å². The Labute approximate surface area is 80.4 Å². The largest absolute Gasteiger partial charge is 0.393 e. The number of hydrogen-bond acceptors (Lipinski definition) is 3. The maximum atomic E-state index is 9.66. The van der Waals surface area contributed by atoms with Gasteiger partial charge in [-0.05, 0) is 25.2 Å². The van der Waals surface area contributed by atoms with E-state index in [1.165, 1.54) is 12.8 Å². The monoisotopic (exact) mass is 184 g/mol. The number of aliphatic hydroxyl groups is 1. The molecule has 0 amide bonds. The van der Waals surface area contributed by atoms with Crippen molar-refractivity contribution in [2.45, 2.75) is 38.2 Å². The third-order valence-electron chi connectivity index (χ3n) is 2.59. The van der Waals surface area contributed by atoms with Crippen LogP contribution in [0.2, 0.25) is 0 Å². The second-order valence-electron chi connectivity index (χ2n) is 3.99. The zero-order chi connectivity index (χ0) is 9.68. The van der Waals surface area contributed by atoms with Gasteiger partial charge in [-0.1, -0.05) is 12.8 Å². The lowest BCUT2D eigenvalue weighted by Gasteiger charge is -2.26. The van der Waals surface area contributed by atoms with E-state index in [0.29, 0.717) is 5.92 Å². The van der Waals surface area contributed by atoms with Crippen molar-refractivity contribution < 1.29 is 5.11 Å². The molecule has 1 aliphatic carbocycles. The molecule has 0 aliphatic heterocycles. The second-order valence-corrected chi connectivity index (χ2v) is 3.99. The summed E-state index contributed by atoms with van der Waals surface area (Å²) in [4.78, 5) is 0. The van der Waals surface area contributed by atoms with Crippen molar-refractivity contribution >= 4 is 6.21 Å². The Hall–Kier alpha value is -0.570. The number of rotatable bonds is 3. The quantitative estimate of drug-likeness (QED) is 0.532. The van der Waals surface area contributed by atoms with Crippen LogP contribution in [0.1, 0.15) is 32.1 Å². The van der Waals surface area contributed by atoms with Crippen LogP contribution >= 0.6 is 0 Å². The Bertz CT molecular complexity index is 168. The molecule has 0 heterocycles. The summed E-state index contributed by atoms with van der Waals surface area (Å²) in [6.45, 7) is 0. The first-order chi connectivity index (χ1) is 6.20. The average molecular weight is 184 g/mol. The lowest BCUT2D eigenvalue weighted by atomic mass is 9.85. The van der Waals surface area contributed by atoms with E-state index in [9.17, 15) is 5.11 Å². The molecular weight excluding hydrogens is 164 g/mol. The third kappa shape index (κ3) is 3.77. The van der Waals surface area contributed by atoms with E-state index in [1.807, 2.05) is 20.3 Å². The van der Waals surface area contributed by atoms with Crippen LogP contribution in [0.25, 0.3) is 0 Å². The average Bonchev–Trinajstić information content (AvgIpc) is 2.08. The van der Waals surface area contributed by atoms with Gasteiger partial charge in [0, 0.05) is 20.3 Å². The Morgan fingerprint density at radius 3 is 2.69 bits per heavy atom. The minimum atomic E-state index is -0.0950. The summed E-state index contributed by atoms with van der Waals surface area (Å²) in [5.74, 6) is 0.442. The van der Waals surface area contributed by atoms with Crippen molar-refractivity contribution in [1.82, 2.24) is 5.01 Å². The van der Waals surface area contributed by atoms with Crippen molar-refractivity contribution in [2.24, 2.45) is 11.0 Å². The van der Waals surface area contributed by atoms with Crippen molar-refractivity contribution in [1.29, 1.82) is 0 Å². The Balaban J connectivity index is 2.26. The highest BCUT2D eigenvalue weighted by atomic mass is 16.3. The zero-order valence-electron chi connectivity index (χ0n) is 8.61. The van der Waals surface area contributed by atoms with E-state index in [2.05, 4.69) is 5.10 Å². The van der Waals surface area contributed by atoms with Gasteiger partial charge in [0.05, 0.1) is 6.10 Å². The number of hydrogen-bond donors (Lipinski definition) is 1. The lowest BCUT2D eigenvalue weighted by Crippen LogP contribution is -2.24. The number of hydrazone groups is 1. The third-order valence-corrected chi connectivity index (χ3v) is 2.59. The molecule has 2 unspecified atom stereocenters. The van der Waals surface area contributed by atoms with Gasteiger partial charge in [-0.15, -0.1) is 0 Å². The number of nitrogens with zero attached hydrogens (tertiary/aromatic N) is 2. The molecule has 0 radical (unpaired) electrons. The molecule has 3 heteroatoms. The van der Waals surface area contributed by atoms with Gasteiger partial charge >= 0.3 is 0 Å². The molecule has 1 rings (SSSR count). The molecular formula is C10H20N2O. The normalized spacial score (nSPS) is 29.5. The van der Waals surface area contributed by atoms with Gasteiger partial charge < -0.3 is 10.1 Å². The molecule has 0 saturated heterocycles. The van der Waals surface area contributed by atoms with E-state index < -0.39 is 0 Å². The first-order valence-electron chi connectivity index (χ1n) is 5.08. The van der Waals surface area contributed by atoms with Gasteiger partial charge in [0.15, 0.2) is 0 Å². The highest BCUT2D eigenvalue weighted by Gasteiger charge is 2.21. The fourth-order valence-electron chi connectivity index (χ4n) is 1.81. The molecule has 1 N–H and O–H groups in total. The highest BCUT2D eigenvalue weighted by Crippen LogP contribution is 2.26.